The van der Waals surface area contributed by atoms with Crippen LogP contribution in [0.1, 0.15) is 18.1 Å². The zero-order valence-corrected chi connectivity index (χ0v) is 17.1. The largest absolute Gasteiger partial charge is 0.493 e. The number of hydrogen-bond acceptors (Lipinski definition) is 6. The first-order chi connectivity index (χ1) is 13.6. The third-order valence-electron chi connectivity index (χ3n) is 4.23. The Kier molecular flexibility index (Phi) is 6.26. The lowest BCUT2D eigenvalue weighted by molar-refractivity contribution is -0.115. The van der Waals surface area contributed by atoms with E-state index in [1.54, 1.807) is 39.5 Å². The fourth-order valence-corrected chi connectivity index (χ4v) is 3.68. The smallest absolute Gasteiger partial charge is 0.264 e. The van der Waals surface area contributed by atoms with Crippen LogP contribution < -0.4 is 19.5 Å². The number of aryl methyl sites for hydroxylation is 1. The van der Waals surface area contributed by atoms with Crippen molar-refractivity contribution < 1.29 is 19.0 Å². The molecule has 1 saturated heterocycles. The number of methoxy groups -OCH3 is 3. The molecule has 3 rings (SSSR count). The van der Waals surface area contributed by atoms with Gasteiger partial charge in [-0.15, -0.1) is 0 Å². The van der Waals surface area contributed by atoms with Crippen LogP contribution in [0.25, 0.3) is 6.08 Å². The number of benzene rings is 2. The summed E-state index contributed by atoms with van der Waals surface area (Å²) >= 11 is 1.30. The summed E-state index contributed by atoms with van der Waals surface area (Å²) in [6.07, 6.45) is 2.65. The molecule has 7 heteroatoms. The van der Waals surface area contributed by atoms with Gasteiger partial charge in [0.2, 0.25) is 5.75 Å². The first-order valence-corrected chi connectivity index (χ1v) is 9.58. The molecular formula is C21H22N2O4S. The van der Waals surface area contributed by atoms with Crippen molar-refractivity contribution in [1.82, 2.24) is 5.32 Å². The van der Waals surface area contributed by atoms with Crippen LogP contribution in [0.3, 0.4) is 0 Å². The molecule has 2 aromatic carbocycles. The lowest BCUT2D eigenvalue weighted by Crippen LogP contribution is -2.19. The number of amides is 1. The van der Waals surface area contributed by atoms with E-state index in [-0.39, 0.29) is 5.91 Å². The average molecular weight is 398 g/mol. The minimum Gasteiger partial charge on any atom is -0.493 e. The molecule has 1 N–H and O–H groups in total. The summed E-state index contributed by atoms with van der Waals surface area (Å²) in [5.74, 6) is 1.38. The second-order valence-electron chi connectivity index (χ2n) is 5.92. The first-order valence-electron chi connectivity index (χ1n) is 8.77. The number of carbonyl (C=O) groups is 1. The molecule has 0 bridgehead atoms. The molecule has 0 saturated carbocycles. The molecule has 1 fully saturated rings. The van der Waals surface area contributed by atoms with Crippen molar-refractivity contribution in [2.24, 2.45) is 4.99 Å². The fourth-order valence-electron chi connectivity index (χ4n) is 2.84. The maximum absolute atomic E-state index is 12.4. The molecule has 1 aliphatic heterocycles. The maximum Gasteiger partial charge on any atom is 0.264 e. The Morgan fingerprint density at radius 3 is 2.36 bits per heavy atom. The van der Waals surface area contributed by atoms with Crippen LogP contribution in [0.5, 0.6) is 17.2 Å². The van der Waals surface area contributed by atoms with Gasteiger partial charge in [0.15, 0.2) is 16.7 Å². The molecule has 28 heavy (non-hydrogen) atoms. The normalized spacial score (nSPS) is 16.4. The van der Waals surface area contributed by atoms with Crippen LogP contribution in [-0.4, -0.2) is 32.4 Å². The fraction of sp³-hybridized carbons (Fsp3) is 0.238. The number of ether oxygens (including phenoxy) is 3. The van der Waals surface area contributed by atoms with E-state index >= 15 is 0 Å². The Labute approximate surface area is 168 Å². The molecule has 6 nitrogen and oxygen atoms in total. The number of para-hydroxylation sites is 1. The quantitative estimate of drug-likeness (QED) is 0.740. The Bertz CT molecular complexity index is 928. The summed E-state index contributed by atoms with van der Waals surface area (Å²) in [5, 5.41) is 3.38. The van der Waals surface area contributed by atoms with Gasteiger partial charge in [-0.2, -0.15) is 0 Å². The van der Waals surface area contributed by atoms with E-state index < -0.39 is 0 Å². The lowest BCUT2D eigenvalue weighted by atomic mass is 10.1. The first kappa shape index (κ1) is 19.8. The Morgan fingerprint density at radius 1 is 1.07 bits per heavy atom. The highest BCUT2D eigenvalue weighted by Crippen LogP contribution is 2.39. The summed E-state index contributed by atoms with van der Waals surface area (Å²) in [6.45, 7) is 2.08. The van der Waals surface area contributed by atoms with Crippen molar-refractivity contribution in [3.05, 3.63) is 52.4 Å². The van der Waals surface area contributed by atoms with Crippen LogP contribution in [0.4, 0.5) is 5.69 Å². The van der Waals surface area contributed by atoms with E-state index in [4.69, 9.17) is 14.2 Å². The molecular weight excluding hydrogens is 376 g/mol. The standard InChI is InChI=1S/C21H22N2O4S/c1-5-14-8-6-7-9-15(14)22-21-23-20(24)18(28-21)12-13-10-16(25-2)19(27-4)17(11-13)26-3/h6-12H,5H2,1-4H3,(H,22,23,24)/b18-12-. The third-order valence-corrected chi connectivity index (χ3v) is 5.14. The second-order valence-corrected chi connectivity index (χ2v) is 6.95. The topological polar surface area (TPSA) is 69.2 Å². The number of nitrogens with zero attached hydrogens (tertiary/aromatic N) is 1. The summed E-state index contributed by atoms with van der Waals surface area (Å²) in [6, 6.07) is 11.5. The number of aliphatic imine (C=N–C) groups is 1. The Morgan fingerprint density at radius 2 is 1.75 bits per heavy atom. The van der Waals surface area contributed by atoms with E-state index in [9.17, 15) is 4.79 Å². The zero-order valence-electron chi connectivity index (χ0n) is 16.2. The monoisotopic (exact) mass is 398 g/mol. The molecule has 1 heterocycles. The van der Waals surface area contributed by atoms with E-state index in [0.29, 0.717) is 27.3 Å². The minimum atomic E-state index is -0.188. The molecule has 0 aromatic heterocycles. The Hall–Kier alpha value is -2.93. The van der Waals surface area contributed by atoms with Crippen LogP contribution in [0, 0.1) is 0 Å². The highest BCUT2D eigenvalue weighted by molar-refractivity contribution is 8.18. The van der Waals surface area contributed by atoms with Gasteiger partial charge in [-0.25, -0.2) is 4.99 Å². The number of thioether (sulfide) groups is 1. The van der Waals surface area contributed by atoms with Gasteiger partial charge in [0.25, 0.3) is 5.91 Å². The molecule has 146 valence electrons. The van der Waals surface area contributed by atoms with Gasteiger partial charge in [0.05, 0.1) is 31.9 Å². The highest BCUT2D eigenvalue weighted by Gasteiger charge is 2.24. The third kappa shape index (κ3) is 4.14. The molecule has 0 spiro atoms. The summed E-state index contributed by atoms with van der Waals surface area (Å²) in [7, 11) is 4.66. The number of amidine groups is 1. The van der Waals surface area contributed by atoms with Crippen molar-refractivity contribution in [2.75, 3.05) is 21.3 Å². The van der Waals surface area contributed by atoms with Crippen molar-refractivity contribution in [3.63, 3.8) is 0 Å². The zero-order chi connectivity index (χ0) is 20.1. The predicted molar refractivity (Wildman–Crippen MR) is 113 cm³/mol. The van der Waals surface area contributed by atoms with Gasteiger partial charge >= 0.3 is 0 Å². The van der Waals surface area contributed by atoms with Gasteiger partial charge in [-0.1, -0.05) is 25.1 Å². The number of rotatable bonds is 6. The molecule has 0 aliphatic carbocycles. The van der Waals surface area contributed by atoms with Gasteiger partial charge < -0.3 is 19.5 Å². The number of nitrogens with one attached hydrogen (secondary N) is 1. The molecule has 0 atom stereocenters. The van der Waals surface area contributed by atoms with Crippen molar-refractivity contribution in [3.8, 4) is 17.2 Å². The van der Waals surface area contributed by atoms with E-state index in [0.717, 1.165) is 23.2 Å². The minimum absolute atomic E-state index is 0.188. The second kappa shape index (κ2) is 8.84. The average Bonchev–Trinajstić information content (AvgIpc) is 3.06. The molecule has 0 unspecified atom stereocenters. The molecule has 1 amide bonds. The van der Waals surface area contributed by atoms with Gasteiger partial charge in [0, 0.05) is 0 Å². The number of carbonyl (C=O) groups excluding carboxylic acids is 1. The van der Waals surface area contributed by atoms with Gasteiger partial charge in [0.1, 0.15) is 0 Å². The Balaban J connectivity index is 1.92. The van der Waals surface area contributed by atoms with Gasteiger partial charge in [-0.3, -0.25) is 4.79 Å². The van der Waals surface area contributed by atoms with E-state index in [1.807, 2.05) is 24.3 Å². The molecule has 1 aliphatic rings. The van der Waals surface area contributed by atoms with Crippen molar-refractivity contribution >= 4 is 34.6 Å². The summed E-state index contributed by atoms with van der Waals surface area (Å²) < 4.78 is 16.1. The summed E-state index contributed by atoms with van der Waals surface area (Å²) in [4.78, 5) is 17.5. The van der Waals surface area contributed by atoms with Crippen molar-refractivity contribution in [2.45, 2.75) is 13.3 Å². The highest BCUT2D eigenvalue weighted by atomic mass is 32.2. The van der Waals surface area contributed by atoms with Crippen molar-refractivity contribution in [1.29, 1.82) is 0 Å². The van der Waals surface area contributed by atoms with E-state index in [2.05, 4.69) is 17.2 Å². The molecule has 0 radical (unpaired) electrons. The lowest BCUT2D eigenvalue weighted by Gasteiger charge is -2.12. The van der Waals surface area contributed by atoms with Crippen LogP contribution in [0.2, 0.25) is 0 Å². The van der Waals surface area contributed by atoms with Gasteiger partial charge in [-0.05, 0) is 53.6 Å². The maximum atomic E-state index is 12.4. The predicted octanol–water partition coefficient (Wildman–Crippen LogP) is 4.17. The van der Waals surface area contributed by atoms with Crippen LogP contribution >= 0.6 is 11.8 Å². The van der Waals surface area contributed by atoms with E-state index in [1.165, 1.54) is 11.8 Å². The number of hydrogen-bond donors (Lipinski definition) is 1. The van der Waals surface area contributed by atoms with Crippen LogP contribution in [0.15, 0.2) is 46.3 Å². The SMILES string of the molecule is CCc1ccccc1N=C1NC(=O)/C(=C/c2cc(OC)c(OC)c(OC)c2)S1. The van der Waals surface area contributed by atoms with Crippen LogP contribution in [-0.2, 0) is 11.2 Å². The summed E-state index contributed by atoms with van der Waals surface area (Å²) in [5.41, 5.74) is 2.76. The molecule has 2 aromatic rings.